The molecule has 1 aromatic carbocycles. The van der Waals surface area contributed by atoms with E-state index in [4.69, 9.17) is 0 Å². The standard InChI is InChI=1S/C18H29NO2S/c1-3-5-7-9-11-16-12-13-18(17(15-16)19(20)21)22-14-10-8-6-4-2/h12-13,15H,3-11,14H2,1-2H3. The van der Waals surface area contributed by atoms with E-state index in [0.717, 1.165) is 35.5 Å². The van der Waals surface area contributed by atoms with E-state index in [1.165, 1.54) is 38.5 Å². The van der Waals surface area contributed by atoms with E-state index in [2.05, 4.69) is 19.9 Å². The summed E-state index contributed by atoms with van der Waals surface area (Å²) in [5.74, 6) is 0.969. The maximum atomic E-state index is 11.3. The molecule has 0 aromatic heterocycles. The van der Waals surface area contributed by atoms with Gasteiger partial charge in [0, 0.05) is 6.07 Å². The lowest BCUT2D eigenvalue weighted by atomic mass is 10.1. The lowest BCUT2D eigenvalue weighted by Gasteiger charge is -2.06. The van der Waals surface area contributed by atoms with Gasteiger partial charge in [0.2, 0.25) is 0 Å². The van der Waals surface area contributed by atoms with Crippen molar-refractivity contribution in [2.75, 3.05) is 5.75 Å². The second kappa shape index (κ2) is 11.5. The van der Waals surface area contributed by atoms with Crippen LogP contribution in [0.5, 0.6) is 0 Å². The number of hydrogen-bond donors (Lipinski definition) is 0. The van der Waals surface area contributed by atoms with Crippen molar-refractivity contribution in [1.82, 2.24) is 0 Å². The smallest absolute Gasteiger partial charge is 0.258 e. The SMILES string of the molecule is CCCCCCSc1ccc(CCCCCC)cc1[N+](=O)[O-]. The van der Waals surface area contributed by atoms with Gasteiger partial charge in [0.25, 0.3) is 5.69 Å². The van der Waals surface area contributed by atoms with E-state index in [0.29, 0.717) is 0 Å². The lowest BCUT2D eigenvalue weighted by molar-refractivity contribution is -0.387. The number of nitrogens with zero attached hydrogens (tertiary/aromatic N) is 1. The van der Waals surface area contributed by atoms with Crippen LogP contribution in [0.4, 0.5) is 5.69 Å². The van der Waals surface area contributed by atoms with Crippen LogP contribution < -0.4 is 0 Å². The maximum Gasteiger partial charge on any atom is 0.283 e. The number of unbranched alkanes of at least 4 members (excludes halogenated alkanes) is 6. The summed E-state index contributed by atoms with van der Waals surface area (Å²) in [6.07, 6.45) is 10.6. The Balaban J connectivity index is 2.55. The van der Waals surface area contributed by atoms with Crippen LogP contribution in [0.3, 0.4) is 0 Å². The summed E-state index contributed by atoms with van der Waals surface area (Å²) in [6, 6.07) is 5.78. The number of nitro groups is 1. The topological polar surface area (TPSA) is 43.1 Å². The molecule has 124 valence electrons. The van der Waals surface area contributed by atoms with Gasteiger partial charge >= 0.3 is 0 Å². The molecule has 0 unspecified atom stereocenters. The maximum absolute atomic E-state index is 11.3. The van der Waals surface area contributed by atoms with Crippen molar-refractivity contribution in [2.45, 2.75) is 76.5 Å². The highest BCUT2D eigenvalue weighted by Gasteiger charge is 2.14. The zero-order valence-electron chi connectivity index (χ0n) is 14.0. The van der Waals surface area contributed by atoms with Gasteiger partial charge in [-0.25, -0.2) is 0 Å². The Bertz CT molecular complexity index is 449. The highest BCUT2D eigenvalue weighted by molar-refractivity contribution is 7.99. The van der Waals surface area contributed by atoms with Crippen molar-refractivity contribution in [1.29, 1.82) is 0 Å². The number of rotatable bonds is 12. The average molecular weight is 324 g/mol. The summed E-state index contributed by atoms with van der Waals surface area (Å²) in [5, 5.41) is 11.3. The fourth-order valence-corrected chi connectivity index (χ4v) is 3.46. The highest BCUT2D eigenvalue weighted by atomic mass is 32.2. The minimum Gasteiger partial charge on any atom is -0.258 e. The molecule has 0 spiro atoms. The zero-order chi connectivity index (χ0) is 16.2. The van der Waals surface area contributed by atoms with Crippen LogP contribution in [0.25, 0.3) is 0 Å². The van der Waals surface area contributed by atoms with Crippen molar-refractivity contribution >= 4 is 17.4 Å². The average Bonchev–Trinajstić information content (AvgIpc) is 2.52. The summed E-state index contributed by atoms with van der Waals surface area (Å²) in [5.41, 5.74) is 1.38. The molecular weight excluding hydrogens is 294 g/mol. The molecule has 0 aliphatic carbocycles. The number of aryl methyl sites for hydroxylation is 1. The molecule has 0 amide bonds. The first kappa shape index (κ1) is 19.0. The van der Waals surface area contributed by atoms with Gasteiger partial charge in [-0.1, -0.05) is 58.4 Å². The lowest BCUT2D eigenvalue weighted by Crippen LogP contribution is -1.95. The molecule has 0 atom stereocenters. The molecule has 0 N–H and O–H groups in total. The third-order valence-corrected chi connectivity index (χ3v) is 4.94. The molecule has 1 aromatic rings. The summed E-state index contributed by atoms with van der Waals surface area (Å²) in [6.45, 7) is 4.38. The minimum absolute atomic E-state index is 0.232. The number of thioether (sulfide) groups is 1. The van der Waals surface area contributed by atoms with Gasteiger partial charge in [0.15, 0.2) is 0 Å². The summed E-state index contributed by atoms with van der Waals surface area (Å²) in [7, 11) is 0. The Hall–Kier alpha value is -1.03. The molecule has 22 heavy (non-hydrogen) atoms. The van der Waals surface area contributed by atoms with Gasteiger partial charge in [-0.05, 0) is 36.6 Å². The van der Waals surface area contributed by atoms with Crippen molar-refractivity contribution in [3.05, 3.63) is 33.9 Å². The van der Waals surface area contributed by atoms with Crippen LogP contribution in [-0.2, 0) is 6.42 Å². The first-order valence-corrected chi connectivity index (χ1v) is 9.57. The Morgan fingerprint density at radius 3 is 2.32 bits per heavy atom. The molecule has 0 fully saturated rings. The predicted octanol–water partition coefficient (Wildman–Crippen LogP) is 6.39. The van der Waals surface area contributed by atoms with Crippen LogP contribution in [0, 0.1) is 10.1 Å². The quantitative estimate of drug-likeness (QED) is 0.194. The first-order chi connectivity index (χ1) is 10.7. The first-order valence-electron chi connectivity index (χ1n) is 8.59. The van der Waals surface area contributed by atoms with E-state index >= 15 is 0 Å². The van der Waals surface area contributed by atoms with Crippen molar-refractivity contribution < 1.29 is 4.92 Å². The largest absolute Gasteiger partial charge is 0.283 e. The number of nitro benzene ring substituents is 1. The molecule has 0 aliphatic rings. The Morgan fingerprint density at radius 1 is 1.00 bits per heavy atom. The molecule has 0 aliphatic heterocycles. The van der Waals surface area contributed by atoms with Gasteiger partial charge in [-0.3, -0.25) is 10.1 Å². The third kappa shape index (κ3) is 7.30. The van der Waals surface area contributed by atoms with E-state index < -0.39 is 0 Å². The van der Waals surface area contributed by atoms with Crippen molar-refractivity contribution in [2.24, 2.45) is 0 Å². The van der Waals surface area contributed by atoms with E-state index in [9.17, 15) is 10.1 Å². The monoisotopic (exact) mass is 323 g/mol. The predicted molar refractivity (Wildman–Crippen MR) is 95.8 cm³/mol. The van der Waals surface area contributed by atoms with E-state index in [1.54, 1.807) is 17.8 Å². The fourth-order valence-electron chi connectivity index (χ4n) is 2.45. The molecule has 3 nitrogen and oxygen atoms in total. The summed E-state index contributed by atoms with van der Waals surface area (Å²) >= 11 is 1.62. The zero-order valence-corrected chi connectivity index (χ0v) is 14.8. The Kier molecular flexibility index (Phi) is 9.96. The molecule has 0 bridgehead atoms. The Morgan fingerprint density at radius 2 is 1.68 bits per heavy atom. The second-order valence-electron chi connectivity index (χ2n) is 5.78. The third-order valence-electron chi connectivity index (χ3n) is 3.79. The van der Waals surface area contributed by atoms with Gasteiger partial charge in [0.1, 0.15) is 0 Å². The summed E-state index contributed by atoms with van der Waals surface area (Å²) in [4.78, 5) is 11.9. The van der Waals surface area contributed by atoms with Crippen molar-refractivity contribution in [3.63, 3.8) is 0 Å². The number of hydrogen-bond acceptors (Lipinski definition) is 3. The number of benzene rings is 1. The second-order valence-corrected chi connectivity index (χ2v) is 6.92. The fraction of sp³-hybridized carbons (Fsp3) is 0.667. The molecule has 0 saturated heterocycles. The minimum atomic E-state index is -0.232. The normalized spacial score (nSPS) is 10.8. The Labute approximate surface area is 139 Å². The van der Waals surface area contributed by atoms with E-state index in [1.807, 2.05) is 6.07 Å². The van der Waals surface area contributed by atoms with Crippen LogP contribution >= 0.6 is 11.8 Å². The molecule has 0 heterocycles. The van der Waals surface area contributed by atoms with Crippen LogP contribution in [0.15, 0.2) is 23.1 Å². The van der Waals surface area contributed by atoms with Gasteiger partial charge < -0.3 is 0 Å². The summed E-state index contributed by atoms with van der Waals surface area (Å²) < 4.78 is 0. The molecule has 1 rings (SSSR count). The molecule has 0 saturated carbocycles. The highest BCUT2D eigenvalue weighted by Crippen LogP contribution is 2.31. The van der Waals surface area contributed by atoms with Crippen molar-refractivity contribution in [3.8, 4) is 0 Å². The van der Waals surface area contributed by atoms with Crippen LogP contribution in [0.2, 0.25) is 0 Å². The van der Waals surface area contributed by atoms with E-state index in [-0.39, 0.29) is 10.6 Å². The van der Waals surface area contributed by atoms with Gasteiger partial charge in [0.05, 0.1) is 9.82 Å². The molecular formula is C18H29NO2S. The van der Waals surface area contributed by atoms with Crippen LogP contribution in [0.1, 0.15) is 70.8 Å². The van der Waals surface area contributed by atoms with Gasteiger partial charge in [-0.2, -0.15) is 0 Å². The molecule has 4 heteroatoms. The molecule has 0 radical (unpaired) electrons. The van der Waals surface area contributed by atoms with Gasteiger partial charge in [-0.15, -0.1) is 11.8 Å². The van der Waals surface area contributed by atoms with Crippen LogP contribution in [-0.4, -0.2) is 10.7 Å².